The van der Waals surface area contributed by atoms with Crippen LogP contribution in [0.5, 0.6) is 0 Å². The second kappa shape index (κ2) is 11.6. The molecule has 11 aromatic rings. The molecule has 9 aromatic carbocycles. The predicted molar refractivity (Wildman–Crippen MR) is 230 cm³/mol. The second-order valence-electron chi connectivity index (χ2n) is 14.5. The van der Waals surface area contributed by atoms with E-state index in [1.54, 1.807) is 0 Å². The summed E-state index contributed by atoms with van der Waals surface area (Å²) in [6, 6.07) is 70.0. The molecule has 0 aliphatic heterocycles. The standard InChI is InChI=1S/C52H32N2O/c1-3-13-33(14-4-1)35-17-9-20-39(31-35)53(36-18-5-2-6-19-36)37-27-29-38(30-28-37)54-44-25-12-23-41-40-22-10-15-34-16-11-24-43(48(34)40)51-50-42-21-7-8-26-46(42)55-47(50)32-45(54)52(51)49(41)44/h1-32H. The van der Waals surface area contributed by atoms with Crippen LogP contribution < -0.4 is 4.90 Å². The van der Waals surface area contributed by atoms with E-state index < -0.39 is 0 Å². The smallest absolute Gasteiger partial charge is 0.138 e. The molecule has 0 unspecified atom stereocenters. The number of nitrogens with zero attached hydrogens (tertiary/aromatic N) is 2. The fourth-order valence-electron chi connectivity index (χ4n) is 9.20. The van der Waals surface area contributed by atoms with E-state index in [0.717, 1.165) is 44.8 Å². The maximum Gasteiger partial charge on any atom is 0.138 e. The first kappa shape index (κ1) is 30.1. The Hall–Kier alpha value is -7.36. The Kier molecular flexibility index (Phi) is 6.34. The van der Waals surface area contributed by atoms with Crippen molar-refractivity contribution in [3.63, 3.8) is 0 Å². The van der Waals surface area contributed by atoms with Crippen molar-refractivity contribution in [3.8, 4) is 39.1 Å². The Labute approximate surface area is 317 Å². The highest BCUT2D eigenvalue weighted by Crippen LogP contribution is 2.53. The molecule has 0 saturated carbocycles. The third kappa shape index (κ3) is 4.38. The number of para-hydroxylation sites is 2. The summed E-state index contributed by atoms with van der Waals surface area (Å²) in [4.78, 5) is 2.34. The van der Waals surface area contributed by atoms with Crippen LogP contribution in [0, 0.1) is 0 Å². The summed E-state index contributed by atoms with van der Waals surface area (Å²) in [6.07, 6.45) is 0. The van der Waals surface area contributed by atoms with Gasteiger partial charge in [-0.1, -0.05) is 127 Å². The number of hydrogen-bond acceptors (Lipinski definition) is 2. The molecule has 1 aliphatic rings. The molecule has 0 spiro atoms. The Balaban J connectivity index is 1.11. The number of benzene rings is 9. The van der Waals surface area contributed by atoms with E-state index in [0.29, 0.717) is 0 Å². The fourth-order valence-corrected chi connectivity index (χ4v) is 9.20. The van der Waals surface area contributed by atoms with Crippen LogP contribution in [0.25, 0.3) is 93.6 Å². The van der Waals surface area contributed by atoms with Crippen molar-refractivity contribution in [1.82, 2.24) is 4.57 Å². The van der Waals surface area contributed by atoms with Gasteiger partial charge in [0.25, 0.3) is 0 Å². The highest BCUT2D eigenvalue weighted by Gasteiger charge is 2.28. The van der Waals surface area contributed by atoms with Crippen LogP contribution >= 0.6 is 0 Å². The van der Waals surface area contributed by atoms with E-state index in [1.165, 1.54) is 65.8 Å². The summed E-state index contributed by atoms with van der Waals surface area (Å²) in [5.74, 6) is 0. The number of hydrogen-bond donors (Lipinski definition) is 0. The minimum Gasteiger partial charge on any atom is -0.456 e. The molecule has 0 fully saturated rings. The van der Waals surface area contributed by atoms with Crippen molar-refractivity contribution >= 4 is 71.6 Å². The summed E-state index contributed by atoms with van der Waals surface area (Å²) in [5, 5.41) is 7.40. The second-order valence-corrected chi connectivity index (χ2v) is 14.5. The largest absolute Gasteiger partial charge is 0.456 e. The molecule has 0 N–H and O–H groups in total. The van der Waals surface area contributed by atoms with E-state index in [9.17, 15) is 0 Å². The van der Waals surface area contributed by atoms with Crippen molar-refractivity contribution < 1.29 is 4.42 Å². The molecule has 3 heteroatoms. The Morgan fingerprint density at radius 2 is 1.02 bits per heavy atom. The molecule has 0 atom stereocenters. The Morgan fingerprint density at radius 3 is 1.84 bits per heavy atom. The van der Waals surface area contributed by atoms with Gasteiger partial charge in [0.2, 0.25) is 0 Å². The van der Waals surface area contributed by atoms with Gasteiger partial charge in [-0.3, -0.25) is 0 Å². The van der Waals surface area contributed by atoms with Gasteiger partial charge in [0.15, 0.2) is 0 Å². The third-order valence-electron chi connectivity index (χ3n) is 11.5. The van der Waals surface area contributed by atoms with Crippen LogP contribution in [0.3, 0.4) is 0 Å². The van der Waals surface area contributed by atoms with Gasteiger partial charge in [-0.25, -0.2) is 0 Å². The van der Waals surface area contributed by atoms with E-state index in [2.05, 4.69) is 204 Å². The normalized spacial score (nSPS) is 12.0. The highest BCUT2D eigenvalue weighted by molar-refractivity contribution is 6.33. The van der Waals surface area contributed by atoms with E-state index in [-0.39, 0.29) is 0 Å². The molecule has 2 heterocycles. The number of anilines is 3. The molecule has 0 saturated heterocycles. The van der Waals surface area contributed by atoms with Crippen molar-refractivity contribution in [1.29, 1.82) is 0 Å². The van der Waals surface area contributed by atoms with Crippen LogP contribution in [0.1, 0.15) is 0 Å². The minimum atomic E-state index is 0.899. The van der Waals surface area contributed by atoms with E-state index in [4.69, 9.17) is 4.42 Å². The molecule has 1 aliphatic carbocycles. The van der Waals surface area contributed by atoms with Gasteiger partial charge in [-0.15, -0.1) is 0 Å². The topological polar surface area (TPSA) is 21.3 Å². The van der Waals surface area contributed by atoms with Gasteiger partial charge >= 0.3 is 0 Å². The Morgan fingerprint density at radius 1 is 0.382 bits per heavy atom. The zero-order chi connectivity index (χ0) is 36.0. The van der Waals surface area contributed by atoms with Crippen LogP contribution in [-0.4, -0.2) is 4.57 Å². The highest BCUT2D eigenvalue weighted by atomic mass is 16.3. The van der Waals surface area contributed by atoms with Crippen molar-refractivity contribution in [2.45, 2.75) is 0 Å². The maximum absolute atomic E-state index is 6.71. The molecule has 3 nitrogen and oxygen atoms in total. The molecule has 256 valence electrons. The zero-order valence-electron chi connectivity index (χ0n) is 29.8. The SMILES string of the molecule is c1ccc(-c2cccc(N(c3ccccc3)c3ccc(-n4c5cccc6c5c5c(c7c(cc54)oc4ccccc47)-c4cccc5cccc-6c45)cc3)c2)cc1. The first-order chi connectivity index (χ1) is 27.3. The monoisotopic (exact) mass is 700 g/mol. The molecule has 12 rings (SSSR count). The number of rotatable bonds is 5. The van der Waals surface area contributed by atoms with Crippen LogP contribution in [0.4, 0.5) is 17.1 Å². The third-order valence-corrected chi connectivity index (χ3v) is 11.5. The summed E-state index contributed by atoms with van der Waals surface area (Å²) in [5.41, 5.74) is 15.9. The first-order valence-electron chi connectivity index (χ1n) is 18.9. The lowest BCUT2D eigenvalue weighted by atomic mass is 9.91. The number of fused-ring (bicyclic) bond motifs is 6. The Bertz CT molecular complexity index is 3300. The lowest BCUT2D eigenvalue weighted by molar-refractivity contribution is 0.669. The van der Waals surface area contributed by atoms with Gasteiger partial charge in [0, 0.05) is 55.9 Å². The number of furan rings is 1. The zero-order valence-corrected chi connectivity index (χ0v) is 29.8. The van der Waals surface area contributed by atoms with Gasteiger partial charge < -0.3 is 13.9 Å². The van der Waals surface area contributed by atoms with Crippen LogP contribution in [-0.2, 0) is 0 Å². The molecule has 55 heavy (non-hydrogen) atoms. The first-order valence-corrected chi connectivity index (χ1v) is 18.9. The summed E-state index contributed by atoms with van der Waals surface area (Å²) >= 11 is 0. The quantitative estimate of drug-likeness (QED) is 0.178. The number of aromatic nitrogens is 1. The summed E-state index contributed by atoms with van der Waals surface area (Å²) in [6.45, 7) is 0. The molecule has 0 amide bonds. The lowest BCUT2D eigenvalue weighted by Crippen LogP contribution is -2.10. The summed E-state index contributed by atoms with van der Waals surface area (Å²) in [7, 11) is 0. The van der Waals surface area contributed by atoms with E-state index >= 15 is 0 Å². The maximum atomic E-state index is 6.71. The van der Waals surface area contributed by atoms with Crippen molar-refractivity contribution in [2.75, 3.05) is 4.90 Å². The molecule has 2 aromatic heterocycles. The van der Waals surface area contributed by atoms with Gasteiger partial charge in [0.1, 0.15) is 11.2 Å². The van der Waals surface area contributed by atoms with Gasteiger partial charge in [-0.2, -0.15) is 0 Å². The molecule has 0 bridgehead atoms. The average Bonchev–Trinajstić information content (AvgIpc) is 3.75. The van der Waals surface area contributed by atoms with Crippen LogP contribution in [0.2, 0.25) is 0 Å². The van der Waals surface area contributed by atoms with Crippen molar-refractivity contribution in [3.05, 3.63) is 194 Å². The molecule has 0 radical (unpaired) electrons. The molecular weight excluding hydrogens is 669 g/mol. The average molecular weight is 701 g/mol. The van der Waals surface area contributed by atoms with Crippen LogP contribution in [0.15, 0.2) is 199 Å². The minimum absolute atomic E-state index is 0.899. The van der Waals surface area contributed by atoms with Gasteiger partial charge in [0.05, 0.1) is 11.0 Å². The van der Waals surface area contributed by atoms with Crippen molar-refractivity contribution in [2.24, 2.45) is 0 Å². The van der Waals surface area contributed by atoms with Gasteiger partial charge in [-0.05, 0) is 99.3 Å². The fraction of sp³-hybridized carbons (Fsp3) is 0. The summed E-state index contributed by atoms with van der Waals surface area (Å²) < 4.78 is 9.14. The molecular formula is C52H32N2O. The van der Waals surface area contributed by atoms with E-state index in [1.807, 2.05) is 0 Å². The lowest BCUT2D eigenvalue weighted by Gasteiger charge is -2.26. The predicted octanol–water partition coefficient (Wildman–Crippen LogP) is 14.6.